The molecule has 1 fully saturated rings. The summed E-state index contributed by atoms with van der Waals surface area (Å²) in [5.74, 6) is 0.877. The van der Waals surface area contributed by atoms with E-state index >= 15 is 0 Å². The molecule has 4 nitrogen and oxygen atoms in total. The zero-order valence-electron chi connectivity index (χ0n) is 13.6. The maximum atomic E-state index is 10.1. The zero-order valence-corrected chi connectivity index (χ0v) is 15.3. The molecule has 1 aromatic carbocycles. The van der Waals surface area contributed by atoms with Crippen LogP contribution in [0.25, 0.3) is 0 Å². The second kappa shape index (κ2) is 10.3. The number of likely N-dealkylation sites (N-methyl/N-ethyl adjacent to an activating group) is 1. The van der Waals surface area contributed by atoms with Crippen molar-refractivity contribution < 1.29 is 9.84 Å². The van der Waals surface area contributed by atoms with Crippen LogP contribution in [0.5, 0.6) is 5.75 Å². The molecule has 0 bridgehead atoms. The Labute approximate surface area is 146 Å². The number of benzene rings is 1. The Morgan fingerprint density at radius 3 is 2.41 bits per heavy atom. The molecule has 22 heavy (non-hydrogen) atoms. The van der Waals surface area contributed by atoms with E-state index in [9.17, 15) is 5.11 Å². The number of nitrogens with zero attached hydrogens (tertiary/aromatic N) is 2. The minimum Gasteiger partial charge on any atom is -0.491 e. The van der Waals surface area contributed by atoms with Gasteiger partial charge in [0.05, 0.1) is 0 Å². The molecule has 1 saturated heterocycles. The predicted molar refractivity (Wildman–Crippen MR) is 95.9 cm³/mol. The molecule has 0 spiro atoms. The first-order valence-electron chi connectivity index (χ1n) is 7.34. The number of ether oxygens (including phenoxy) is 1. The molecule has 1 atom stereocenters. The van der Waals surface area contributed by atoms with Gasteiger partial charge in [0.2, 0.25) is 0 Å². The van der Waals surface area contributed by atoms with Crippen molar-refractivity contribution in [2.75, 3.05) is 46.4 Å². The van der Waals surface area contributed by atoms with Crippen molar-refractivity contribution in [2.24, 2.45) is 0 Å². The number of hydrogen-bond donors (Lipinski definition) is 1. The monoisotopic (exact) mass is 350 g/mol. The third-order valence-corrected chi connectivity index (χ3v) is 4.05. The molecule has 128 valence electrons. The highest BCUT2D eigenvalue weighted by atomic mass is 35.5. The average molecular weight is 351 g/mol. The standard InChI is InChI=1S/C16H26N2O2.2ClH/c1-13-5-4-6-16(14(13)2)20-12-15(19)11-18-9-7-17(3)8-10-18;;/h4-6,15,19H,7-12H2,1-3H3;2*1H. The van der Waals surface area contributed by atoms with Gasteiger partial charge in [-0.2, -0.15) is 0 Å². The Morgan fingerprint density at radius 2 is 1.77 bits per heavy atom. The quantitative estimate of drug-likeness (QED) is 0.882. The molecule has 1 heterocycles. The Morgan fingerprint density at radius 1 is 1.14 bits per heavy atom. The molecule has 0 aromatic heterocycles. The van der Waals surface area contributed by atoms with Crippen LogP contribution in [-0.4, -0.2) is 67.4 Å². The number of aryl methyl sites for hydroxylation is 1. The van der Waals surface area contributed by atoms with Gasteiger partial charge in [-0.05, 0) is 38.1 Å². The molecule has 0 amide bonds. The first kappa shape index (κ1) is 21.5. The average Bonchev–Trinajstić information content (AvgIpc) is 2.43. The van der Waals surface area contributed by atoms with Gasteiger partial charge >= 0.3 is 0 Å². The summed E-state index contributed by atoms with van der Waals surface area (Å²) in [5.41, 5.74) is 2.37. The van der Waals surface area contributed by atoms with Gasteiger partial charge in [-0.25, -0.2) is 0 Å². The minimum atomic E-state index is -0.432. The van der Waals surface area contributed by atoms with E-state index in [0.29, 0.717) is 13.2 Å². The SMILES string of the molecule is Cc1cccc(OCC(O)CN2CCN(C)CC2)c1C.Cl.Cl. The van der Waals surface area contributed by atoms with Crippen LogP contribution in [0, 0.1) is 13.8 Å². The van der Waals surface area contributed by atoms with Gasteiger partial charge in [0, 0.05) is 32.7 Å². The van der Waals surface area contributed by atoms with Crippen molar-refractivity contribution in [1.82, 2.24) is 9.80 Å². The summed E-state index contributed by atoms with van der Waals surface area (Å²) in [6.07, 6.45) is -0.432. The molecule has 2 rings (SSSR count). The number of halogens is 2. The number of β-amino-alcohol motifs (C(OH)–C–C–N with tert-alkyl or cyclic N) is 1. The molecule has 0 saturated carbocycles. The summed E-state index contributed by atoms with van der Waals surface area (Å²) in [5, 5.41) is 10.1. The van der Waals surface area contributed by atoms with Gasteiger partial charge in [-0.15, -0.1) is 24.8 Å². The van der Waals surface area contributed by atoms with E-state index < -0.39 is 6.10 Å². The van der Waals surface area contributed by atoms with Gasteiger partial charge in [0.1, 0.15) is 18.5 Å². The van der Waals surface area contributed by atoms with Crippen LogP contribution in [0.15, 0.2) is 18.2 Å². The lowest BCUT2D eigenvalue weighted by Gasteiger charge is -2.33. The summed E-state index contributed by atoms with van der Waals surface area (Å²) in [7, 11) is 2.14. The van der Waals surface area contributed by atoms with Crippen LogP contribution in [0.4, 0.5) is 0 Å². The van der Waals surface area contributed by atoms with E-state index in [1.807, 2.05) is 12.1 Å². The first-order valence-corrected chi connectivity index (χ1v) is 7.34. The van der Waals surface area contributed by atoms with Crippen LogP contribution in [0.3, 0.4) is 0 Å². The molecule has 1 unspecified atom stereocenters. The normalized spacial score (nSPS) is 17.3. The molecular formula is C16H28Cl2N2O2. The second-order valence-electron chi connectivity index (χ2n) is 5.77. The Kier molecular flexibility index (Phi) is 10.0. The summed E-state index contributed by atoms with van der Waals surface area (Å²) in [6.45, 7) is 9.37. The molecule has 6 heteroatoms. The summed E-state index contributed by atoms with van der Waals surface area (Å²) in [4.78, 5) is 4.62. The number of piperazine rings is 1. The van der Waals surface area contributed by atoms with Crippen LogP contribution < -0.4 is 4.74 Å². The summed E-state index contributed by atoms with van der Waals surface area (Å²) < 4.78 is 5.75. The highest BCUT2D eigenvalue weighted by Crippen LogP contribution is 2.20. The maximum absolute atomic E-state index is 10.1. The molecule has 0 aliphatic carbocycles. The topological polar surface area (TPSA) is 35.9 Å². The Hall–Kier alpha value is -0.520. The summed E-state index contributed by atoms with van der Waals surface area (Å²) >= 11 is 0. The molecule has 1 aromatic rings. The maximum Gasteiger partial charge on any atom is 0.122 e. The van der Waals surface area contributed by atoms with Crippen LogP contribution in [0.2, 0.25) is 0 Å². The first-order chi connectivity index (χ1) is 9.56. The molecule has 0 radical (unpaired) electrons. The fourth-order valence-electron chi connectivity index (χ4n) is 2.45. The smallest absolute Gasteiger partial charge is 0.122 e. The molecule has 1 aliphatic heterocycles. The third kappa shape index (κ3) is 6.31. The number of hydrogen-bond acceptors (Lipinski definition) is 4. The van der Waals surface area contributed by atoms with Crippen molar-refractivity contribution in [1.29, 1.82) is 0 Å². The van der Waals surface area contributed by atoms with Crippen molar-refractivity contribution in [3.05, 3.63) is 29.3 Å². The lowest BCUT2D eigenvalue weighted by molar-refractivity contribution is 0.0503. The number of aliphatic hydroxyl groups excluding tert-OH is 1. The van der Waals surface area contributed by atoms with Gasteiger partial charge in [-0.3, -0.25) is 4.90 Å². The Balaban J connectivity index is 0.00000220. The van der Waals surface area contributed by atoms with Crippen LogP contribution in [-0.2, 0) is 0 Å². The van der Waals surface area contributed by atoms with Crippen molar-refractivity contribution in [3.63, 3.8) is 0 Å². The van der Waals surface area contributed by atoms with E-state index in [1.165, 1.54) is 5.56 Å². The van der Waals surface area contributed by atoms with Crippen LogP contribution >= 0.6 is 24.8 Å². The number of rotatable bonds is 5. The lowest BCUT2D eigenvalue weighted by Crippen LogP contribution is -2.47. The molecular weight excluding hydrogens is 323 g/mol. The van der Waals surface area contributed by atoms with E-state index in [4.69, 9.17) is 4.74 Å². The van der Waals surface area contributed by atoms with Crippen molar-refractivity contribution in [2.45, 2.75) is 20.0 Å². The van der Waals surface area contributed by atoms with E-state index in [0.717, 1.165) is 37.5 Å². The molecule has 1 N–H and O–H groups in total. The summed E-state index contributed by atoms with van der Waals surface area (Å²) in [6, 6.07) is 6.03. The predicted octanol–water partition coefficient (Wildman–Crippen LogP) is 2.13. The third-order valence-electron chi connectivity index (χ3n) is 4.05. The second-order valence-corrected chi connectivity index (χ2v) is 5.77. The van der Waals surface area contributed by atoms with Crippen molar-refractivity contribution in [3.8, 4) is 5.75 Å². The van der Waals surface area contributed by atoms with Gasteiger partial charge in [0.15, 0.2) is 0 Å². The largest absolute Gasteiger partial charge is 0.491 e. The van der Waals surface area contributed by atoms with E-state index in [1.54, 1.807) is 0 Å². The van der Waals surface area contributed by atoms with E-state index in [2.05, 4.69) is 36.8 Å². The van der Waals surface area contributed by atoms with Crippen LogP contribution in [0.1, 0.15) is 11.1 Å². The Bertz CT molecular complexity index is 438. The number of aliphatic hydroxyl groups is 1. The molecule has 1 aliphatic rings. The fraction of sp³-hybridized carbons (Fsp3) is 0.625. The fourth-order valence-corrected chi connectivity index (χ4v) is 2.45. The van der Waals surface area contributed by atoms with E-state index in [-0.39, 0.29) is 24.8 Å². The van der Waals surface area contributed by atoms with Gasteiger partial charge in [-0.1, -0.05) is 12.1 Å². The highest BCUT2D eigenvalue weighted by Gasteiger charge is 2.17. The lowest BCUT2D eigenvalue weighted by atomic mass is 10.1. The van der Waals surface area contributed by atoms with Gasteiger partial charge in [0.25, 0.3) is 0 Å². The minimum absolute atomic E-state index is 0. The van der Waals surface area contributed by atoms with Crippen molar-refractivity contribution >= 4 is 24.8 Å². The zero-order chi connectivity index (χ0) is 14.5. The van der Waals surface area contributed by atoms with Gasteiger partial charge < -0.3 is 14.7 Å². The highest BCUT2D eigenvalue weighted by molar-refractivity contribution is 5.85.